The summed E-state index contributed by atoms with van der Waals surface area (Å²) in [6.07, 6.45) is 0. The number of hydrogen-bond donors (Lipinski definition) is 1. The van der Waals surface area contributed by atoms with Crippen LogP contribution in [0.3, 0.4) is 0 Å². The lowest BCUT2D eigenvalue weighted by Gasteiger charge is -2.12. The van der Waals surface area contributed by atoms with Crippen LogP contribution in [-0.4, -0.2) is 30.5 Å². The number of benzene rings is 2. The molecule has 0 aliphatic carbocycles. The number of aromatic nitrogens is 1. The van der Waals surface area contributed by atoms with Crippen molar-refractivity contribution in [1.82, 2.24) is 4.98 Å². The Kier molecular flexibility index (Phi) is 6.16. The lowest BCUT2D eigenvalue weighted by atomic mass is 10.1. The van der Waals surface area contributed by atoms with Crippen LogP contribution in [0, 0.1) is 0 Å². The lowest BCUT2D eigenvalue weighted by Crippen LogP contribution is -2.20. The summed E-state index contributed by atoms with van der Waals surface area (Å²) in [5.74, 6) is 1.19. The van der Waals surface area contributed by atoms with E-state index in [1.54, 1.807) is 21.1 Å². The molecule has 0 aliphatic rings. The van der Waals surface area contributed by atoms with Gasteiger partial charge in [0, 0.05) is 16.8 Å². The number of amides is 1. The Labute approximate surface area is 169 Å². The maximum absolute atomic E-state index is 11.8. The van der Waals surface area contributed by atoms with E-state index < -0.39 is 5.38 Å². The van der Waals surface area contributed by atoms with Gasteiger partial charge in [0.15, 0.2) is 0 Å². The molecule has 0 radical (unpaired) electrons. The Hall–Kier alpha value is -3.05. The molecular weight excluding hydrogens is 376 g/mol. The van der Waals surface area contributed by atoms with Gasteiger partial charge in [-0.15, -0.1) is 11.6 Å². The molecule has 1 atom stereocenters. The number of carbonyl (C=O) groups excluding carboxylic acids is 1. The monoisotopic (exact) mass is 396 g/mol. The summed E-state index contributed by atoms with van der Waals surface area (Å²) in [5, 5.41) is 2.19. The summed E-state index contributed by atoms with van der Waals surface area (Å²) in [5.41, 5.74) is 3.92. The number of nitrogens with zero attached hydrogens (tertiary/aromatic N) is 1. The van der Waals surface area contributed by atoms with Gasteiger partial charge in [-0.05, 0) is 49.4 Å². The molecule has 0 bridgehead atoms. The third-order valence-electron chi connectivity index (χ3n) is 4.22. The maximum Gasteiger partial charge on any atom is 0.242 e. The van der Waals surface area contributed by atoms with E-state index in [1.165, 1.54) is 0 Å². The van der Waals surface area contributed by atoms with E-state index in [-0.39, 0.29) is 5.91 Å². The van der Waals surface area contributed by atoms with Crippen molar-refractivity contribution in [2.24, 2.45) is 0 Å². The topological polar surface area (TPSA) is 60.5 Å². The van der Waals surface area contributed by atoms with Crippen LogP contribution in [0.1, 0.15) is 6.92 Å². The zero-order valence-corrected chi connectivity index (χ0v) is 16.7. The van der Waals surface area contributed by atoms with Crippen LogP contribution >= 0.6 is 11.6 Å². The normalized spacial score (nSPS) is 11.6. The first kappa shape index (κ1) is 19.7. The molecule has 0 saturated heterocycles. The van der Waals surface area contributed by atoms with Gasteiger partial charge in [-0.1, -0.05) is 18.2 Å². The first-order valence-corrected chi connectivity index (χ1v) is 9.20. The van der Waals surface area contributed by atoms with Crippen LogP contribution in [0.5, 0.6) is 11.5 Å². The van der Waals surface area contributed by atoms with E-state index in [2.05, 4.69) is 5.32 Å². The Bertz CT molecular complexity index is 989. The van der Waals surface area contributed by atoms with Crippen molar-refractivity contribution in [3.63, 3.8) is 0 Å². The third kappa shape index (κ3) is 4.43. The highest BCUT2D eigenvalue weighted by Crippen LogP contribution is 2.33. The van der Waals surface area contributed by atoms with Gasteiger partial charge in [-0.2, -0.15) is 0 Å². The molecule has 0 spiro atoms. The van der Waals surface area contributed by atoms with Crippen molar-refractivity contribution in [3.05, 3.63) is 60.7 Å². The zero-order valence-electron chi connectivity index (χ0n) is 15.9. The number of ether oxygens (including phenoxy) is 2. The predicted molar refractivity (Wildman–Crippen MR) is 112 cm³/mol. The second kappa shape index (κ2) is 8.76. The van der Waals surface area contributed by atoms with E-state index in [0.717, 1.165) is 28.3 Å². The van der Waals surface area contributed by atoms with Crippen LogP contribution in [0.2, 0.25) is 0 Å². The molecule has 1 N–H and O–H groups in total. The van der Waals surface area contributed by atoms with Crippen molar-refractivity contribution in [3.8, 4) is 34.0 Å². The van der Waals surface area contributed by atoms with Crippen molar-refractivity contribution in [1.29, 1.82) is 0 Å². The molecule has 6 heteroatoms. The lowest BCUT2D eigenvalue weighted by molar-refractivity contribution is -0.115. The van der Waals surface area contributed by atoms with Crippen LogP contribution in [0.15, 0.2) is 60.7 Å². The van der Waals surface area contributed by atoms with Gasteiger partial charge in [0.2, 0.25) is 5.91 Å². The third-order valence-corrected chi connectivity index (χ3v) is 4.42. The van der Waals surface area contributed by atoms with Crippen LogP contribution in [0.25, 0.3) is 22.5 Å². The molecule has 3 rings (SSSR count). The molecule has 144 valence electrons. The highest BCUT2D eigenvalue weighted by molar-refractivity contribution is 6.32. The number of methoxy groups -OCH3 is 2. The minimum atomic E-state index is -0.606. The molecule has 5 nitrogen and oxygen atoms in total. The fourth-order valence-electron chi connectivity index (χ4n) is 2.76. The maximum atomic E-state index is 11.8. The largest absolute Gasteiger partial charge is 0.497 e. The highest BCUT2D eigenvalue weighted by Gasteiger charge is 2.12. The minimum Gasteiger partial charge on any atom is -0.497 e. The number of alkyl halides is 1. The first-order chi connectivity index (χ1) is 13.5. The SMILES string of the molecule is COc1ccc(OC)c(-c2cccc(-c3cccc(NC(=O)C(C)Cl)c3)n2)c1. The molecular formula is C22H21ClN2O3. The van der Waals surface area contributed by atoms with E-state index in [9.17, 15) is 4.79 Å². The van der Waals surface area contributed by atoms with E-state index in [1.807, 2.05) is 60.7 Å². The number of anilines is 1. The second-order valence-electron chi connectivity index (χ2n) is 6.16. The van der Waals surface area contributed by atoms with Gasteiger partial charge in [-0.3, -0.25) is 4.79 Å². The van der Waals surface area contributed by atoms with Gasteiger partial charge < -0.3 is 14.8 Å². The average Bonchev–Trinajstić information content (AvgIpc) is 2.73. The average molecular weight is 397 g/mol. The first-order valence-electron chi connectivity index (χ1n) is 8.76. The van der Waals surface area contributed by atoms with Crippen LogP contribution < -0.4 is 14.8 Å². The van der Waals surface area contributed by atoms with Crippen LogP contribution in [0.4, 0.5) is 5.69 Å². The quantitative estimate of drug-likeness (QED) is 0.596. The molecule has 1 aromatic heterocycles. The van der Waals surface area contributed by atoms with Gasteiger partial charge >= 0.3 is 0 Å². The number of pyridine rings is 1. The summed E-state index contributed by atoms with van der Waals surface area (Å²) >= 11 is 5.83. The molecule has 1 heterocycles. The van der Waals surface area contributed by atoms with Gasteiger partial charge in [0.05, 0.1) is 25.6 Å². The van der Waals surface area contributed by atoms with E-state index in [0.29, 0.717) is 11.4 Å². The van der Waals surface area contributed by atoms with Crippen molar-refractivity contribution in [2.45, 2.75) is 12.3 Å². The van der Waals surface area contributed by atoms with Crippen LogP contribution in [-0.2, 0) is 4.79 Å². The molecule has 28 heavy (non-hydrogen) atoms. The standard InChI is InChI=1S/C22H21ClN2O3/c1-14(23)22(26)24-16-7-4-6-15(12-16)19-8-5-9-20(25-19)18-13-17(27-2)10-11-21(18)28-3/h4-14H,1-3H3,(H,24,26). The zero-order chi connectivity index (χ0) is 20.1. The van der Waals surface area contributed by atoms with Crippen molar-refractivity contribution >= 4 is 23.2 Å². The Morgan fingerprint density at radius 1 is 1.00 bits per heavy atom. The Balaban J connectivity index is 1.98. The van der Waals surface area contributed by atoms with Gasteiger partial charge in [0.25, 0.3) is 0 Å². The molecule has 0 fully saturated rings. The number of rotatable bonds is 6. The number of carbonyl (C=O) groups is 1. The van der Waals surface area contributed by atoms with E-state index in [4.69, 9.17) is 26.1 Å². The summed E-state index contributed by atoms with van der Waals surface area (Å²) < 4.78 is 10.8. The molecule has 2 aromatic carbocycles. The fraction of sp³-hybridized carbons (Fsp3) is 0.182. The minimum absolute atomic E-state index is 0.248. The summed E-state index contributed by atoms with van der Waals surface area (Å²) in [6.45, 7) is 1.63. The molecule has 3 aromatic rings. The molecule has 1 unspecified atom stereocenters. The Morgan fingerprint density at radius 2 is 1.75 bits per heavy atom. The second-order valence-corrected chi connectivity index (χ2v) is 6.81. The number of hydrogen-bond acceptors (Lipinski definition) is 4. The van der Waals surface area contributed by atoms with Gasteiger partial charge in [0.1, 0.15) is 16.9 Å². The van der Waals surface area contributed by atoms with Crippen molar-refractivity contribution in [2.75, 3.05) is 19.5 Å². The smallest absolute Gasteiger partial charge is 0.242 e. The highest BCUT2D eigenvalue weighted by atomic mass is 35.5. The molecule has 1 amide bonds. The van der Waals surface area contributed by atoms with E-state index >= 15 is 0 Å². The summed E-state index contributed by atoms with van der Waals surface area (Å²) in [7, 11) is 3.25. The summed E-state index contributed by atoms with van der Waals surface area (Å²) in [6, 6.07) is 18.8. The number of nitrogens with one attached hydrogen (secondary N) is 1. The summed E-state index contributed by atoms with van der Waals surface area (Å²) in [4.78, 5) is 16.6. The predicted octanol–water partition coefficient (Wildman–Crippen LogP) is 5.00. The van der Waals surface area contributed by atoms with Crippen molar-refractivity contribution < 1.29 is 14.3 Å². The fourth-order valence-corrected chi connectivity index (χ4v) is 2.81. The Morgan fingerprint density at radius 3 is 2.46 bits per heavy atom. The molecule has 0 aliphatic heterocycles. The molecule has 0 saturated carbocycles. The van der Waals surface area contributed by atoms with Gasteiger partial charge in [-0.25, -0.2) is 4.98 Å². The number of halogens is 1.